The van der Waals surface area contributed by atoms with Crippen LogP contribution in [0.2, 0.25) is 5.02 Å². The number of halogens is 2. The highest BCUT2D eigenvalue weighted by molar-refractivity contribution is 6.30. The topological polar surface area (TPSA) is 78.9 Å². The van der Waals surface area contributed by atoms with Crippen molar-refractivity contribution < 1.29 is 9.18 Å². The lowest BCUT2D eigenvalue weighted by Gasteiger charge is -2.11. The third-order valence-corrected chi connectivity index (χ3v) is 2.75. The van der Waals surface area contributed by atoms with Gasteiger partial charge in [-0.2, -0.15) is 4.98 Å². The summed E-state index contributed by atoms with van der Waals surface area (Å²) in [4.78, 5) is 19.2. The lowest BCUT2D eigenvalue weighted by Crippen LogP contribution is -2.11. The van der Waals surface area contributed by atoms with E-state index >= 15 is 0 Å². The van der Waals surface area contributed by atoms with E-state index in [1.807, 2.05) is 0 Å². The van der Waals surface area contributed by atoms with Crippen molar-refractivity contribution in [2.45, 2.75) is 6.92 Å². The molecule has 2 rings (SSSR count). The predicted molar refractivity (Wildman–Crippen MR) is 80.6 cm³/mol. The van der Waals surface area contributed by atoms with Crippen LogP contribution in [0.1, 0.15) is 6.92 Å². The van der Waals surface area contributed by atoms with E-state index < -0.39 is 5.82 Å². The number of nitrogens with one attached hydrogen (secondary N) is 3. The van der Waals surface area contributed by atoms with Crippen molar-refractivity contribution in [3.63, 3.8) is 0 Å². The van der Waals surface area contributed by atoms with Crippen LogP contribution in [-0.4, -0.2) is 22.9 Å². The highest BCUT2D eigenvalue weighted by atomic mass is 35.5. The second kappa shape index (κ2) is 6.36. The number of nitrogens with zero attached hydrogens (tertiary/aromatic N) is 2. The third-order valence-electron chi connectivity index (χ3n) is 2.51. The summed E-state index contributed by atoms with van der Waals surface area (Å²) < 4.78 is 13.7. The molecule has 0 aliphatic carbocycles. The van der Waals surface area contributed by atoms with Gasteiger partial charge in [-0.25, -0.2) is 9.37 Å². The van der Waals surface area contributed by atoms with Crippen molar-refractivity contribution in [3.05, 3.63) is 35.2 Å². The Morgan fingerprint density at radius 3 is 2.71 bits per heavy atom. The van der Waals surface area contributed by atoms with Crippen LogP contribution in [0.4, 0.5) is 27.5 Å². The Labute approximate surface area is 125 Å². The summed E-state index contributed by atoms with van der Waals surface area (Å²) in [6.07, 6.45) is 1.43. The maximum Gasteiger partial charge on any atom is 0.229 e. The van der Waals surface area contributed by atoms with Crippen LogP contribution >= 0.6 is 11.6 Å². The largest absolute Gasteiger partial charge is 0.371 e. The molecule has 0 saturated carbocycles. The lowest BCUT2D eigenvalue weighted by atomic mass is 10.3. The first-order chi connectivity index (χ1) is 9.99. The number of rotatable bonds is 4. The molecule has 0 fully saturated rings. The van der Waals surface area contributed by atoms with Crippen LogP contribution in [0, 0.1) is 5.82 Å². The average molecular weight is 310 g/mol. The van der Waals surface area contributed by atoms with E-state index in [1.165, 1.54) is 25.3 Å². The van der Waals surface area contributed by atoms with Crippen molar-refractivity contribution in [1.29, 1.82) is 0 Å². The van der Waals surface area contributed by atoms with Crippen LogP contribution in [0.25, 0.3) is 0 Å². The molecule has 0 bridgehead atoms. The van der Waals surface area contributed by atoms with Crippen LogP contribution in [0.15, 0.2) is 24.4 Å². The minimum Gasteiger partial charge on any atom is -0.371 e. The Morgan fingerprint density at radius 1 is 1.33 bits per heavy atom. The molecule has 1 aromatic carbocycles. The van der Waals surface area contributed by atoms with Gasteiger partial charge in [0.2, 0.25) is 11.9 Å². The summed E-state index contributed by atoms with van der Waals surface area (Å²) in [5, 5.41) is 8.47. The summed E-state index contributed by atoms with van der Waals surface area (Å²) >= 11 is 5.69. The average Bonchev–Trinajstić information content (AvgIpc) is 2.43. The second-order valence-electron chi connectivity index (χ2n) is 4.14. The Hall–Kier alpha value is -2.41. The fraction of sp³-hybridized carbons (Fsp3) is 0.154. The van der Waals surface area contributed by atoms with Crippen molar-refractivity contribution in [2.75, 3.05) is 23.0 Å². The summed E-state index contributed by atoms with van der Waals surface area (Å²) in [6, 6.07) is 4.23. The molecule has 0 aliphatic heterocycles. The zero-order valence-corrected chi connectivity index (χ0v) is 12.1. The Bertz CT molecular complexity index is 680. The first kappa shape index (κ1) is 15.0. The van der Waals surface area contributed by atoms with Gasteiger partial charge in [0, 0.05) is 19.0 Å². The molecule has 8 heteroatoms. The standard InChI is InChI=1S/C13H13ClFN5O/c1-7(21)18-11-6-17-13(20-12(11)16-2)19-10-4-3-8(14)5-9(10)15/h3-6H,1-2H3,(H,18,21)(H2,16,17,19,20). The van der Waals surface area contributed by atoms with E-state index in [2.05, 4.69) is 25.9 Å². The first-order valence-electron chi connectivity index (χ1n) is 6.04. The van der Waals surface area contributed by atoms with E-state index in [0.717, 1.165) is 0 Å². The second-order valence-corrected chi connectivity index (χ2v) is 4.57. The fourth-order valence-corrected chi connectivity index (χ4v) is 1.78. The fourth-order valence-electron chi connectivity index (χ4n) is 1.63. The zero-order chi connectivity index (χ0) is 15.4. The minimum absolute atomic E-state index is 0.190. The molecule has 0 spiro atoms. The maximum absolute atomic E-state index is 13.7. The van der Waals surface area contributed by atoms with Gasteiger partial charge >= 0.3 is 0 Å². The number of carbonyl (C=O) groups is 1. The van der Waals surface area contributed by atoms with Gasteiger partial charge < -0.3 is 16.0 Å². The molecular weight excluding hydrogens is 297 g/mol. The molecule has 6 nitrogen and oxygen atoms in total. The molecule has 0 unspecified atom stereocenters. The number of benzene rings is 1. The lowest BCUT2D eigenvalue weighted by molar-refractivity contribution is -0.114. The molecule has 0 saturated heterocycles. The quantitative estimate of drug-likeness (QED) is 0.809. The van der Waals surface area contributed by atoms with Gasteiger partial charge in [-0.15, -0.1) is 0 Å². The van der Waals surface area contributed by atoms with Crippen LogP contribution in [-0.2, 0) is 4.79 Å². The van der Waals surface area contributed by atoms with E-state index in [9.17, 15) is 9.18 Å². The van der Waals surface area contributed by atoms with E-state index in [-0.39, 0.29) is 17.5 Å². The SMILES string of the molecule is CNc1nc(Nc2ccc(Cl)cc2F)ncc1NC(C)=O. The number of hydrogen-bond donors (Lipinski definition) is 3. The molecule has 3 N–H and O–H groups in total. The normalized spacial score (nSPS) is 10.1. The van der Waals surface area contributed by atoms with Crippen molar-refractivity contribution >= 4 is 40.6 Å². The minimum atomic E-state index is -0.511. The molecule has 2 aromatic rings. The monoisotopic (exact) mass is 309 g/mol. The van der Waals surface area contributed by atoms with Gasteiger partial charge in [-0.3, -0.25) is 4.79 Å². The molecule has 0 aliphatic rings. The van der Waals surface area contributed by atoms with Gasteiger partial charge in [-0.1, -0.05) is 11.6 Å². The van der Waals surface area contributed by atoms with Gasteiger partial charge in [-0.05, 0) is 18.2 Å². The number of carbonyl (C=O) groups excluding carboxylic acids is 1. The summed E-state index contributed by atoms with van der Waals surface area (Å²) in [5.74, 6) is -0.144. The Balaban J connectivity index is 2.26. The third kappa shape index (κ3) is 3.79. The number of amides is 1. The summed E-state index contributed by atoms with van der Waals surface area (Å²) in [5.41, 5.74) is 0.640. The van der Waals surface area contributed by atoms with Crippen molar-refractivity contribution in [1.82, 2.24) is 9.97 Å². The zero-order valence-electron chi connectivity index (χ0n) is 11.4. The first-order valence-corrected chi connectivity index (χ1v) is 6.42. The summed E-state index contributed by atoms with van der Waals surface area (Å²) in [7, 11) is 1.65. The molecule has 0 atom stereocenters. The number of hydrogen-bond acceptors (Lipinski definition) is 5. The molecule has 1 aromatic heterocycles. The highest BCUT2D eigenvalue weighted by Crippen LogP contribution is 2.24. The van der Waals surface area contributed by atoms with Crippen LogP contribution in [0.3, 0.4) is 0 Å². The van der Waals surface area contributed by atoms with Gasteiger partial charge in [0.05, 0.1) is 11.9 Å². The Morgan fingerprint density at radius 2 is 2.10 bits per heavy atom. The molecule has 1 heterocycles. The van der Waals surface area contributed by atoms with Crippen LogP contribution < -0.4 is 16.0 Å². The van der Waals surface area contributed by atoms with Gasteiger partial charge in [0.25, 0.3) is 0 Å². The molecule has 21 heavy (non-hydrogen) atoms. The molecule has 0 radical (unpaired) electrons. The van der Waals surface area contributed by atoms with Gasteiger partial charge in [0.15, 0.2) is 5.82 Å². The van der Waals surface area contributed by atoms with E-state index in [4.69, 9.17) is 11.6 Å². The Kier molecular flexibility index (Phi) is 4.54. The molecular formula is C13H13ClFN5O. The van der Waals surface area contributed by atoms with E-state index in [0.29, 0.717) is 16.5 Å². The maximum atomic E-state index is 13.7. The highest BCUT2D eigenvalue weighted by Gasteiger charge is 2.09. The molecule has 1 amide bonds. The van der Waals surface area contributed by atoms with Crippen molar-refractivity contribution in [2.24, 2.45) is 0 Å². The van der Waals surface area contributed by atoms with E-state index in [1.54, 1.807) is 13.1 Å². The smallest absolute Gasteiger partial charge is 0.229 e. The number of anilines is 4. The molecule has 110 valence electrons. The van der Waals surface area contributed by atoms with Crippen molar-refractivity contribution in [3.8, 4) is 0 Å². The van der Waals surface area contributed by atoms with Crippen LogP contribution in [0.5, 0.6) is 0 Å². The predicted octanol–water partition coefficient (Wildman–Crippen LogP) is 3.01. The summed E-state index contributed by atoms with van der Waals surface area (Å²) in [6.45, 7) is 1.38. The van der Waals surface area contributed by atoms with Gasteiger partial charge in [0.1, 0.15) is 11.5 Å². The number of aromatic nitrogens is 2.